The largest absolute Gasteiger partial charge is 0.389 e. The van der Waals surface area contributed by atoms with Gasteiger partial charge in [-0.05, 0) is 43.9 Å². The second-order valence-corrected chi connectivity index (χ2v) is 7.76. The number of halogens is 3. The van der Waals surface area contributed by atoms with Gasteiger partial charge in [0.2, 0.25) is 0 Å². The molecule has 2 aliphatic rings. The van der Waals surface area contributed by atoms with Crippen LogP contribution in [0.2, 0.25) is 0 Å². The van der Waals surface area contributed by atoms with E-state index in [9.17, 15) is 13.2 Å². The molecule has 8 heteroatoms. The molecule has 1 aromatic rings. The number of hydrogen-bond donors (Lipinski definition) is 0. The topological polar surface area (TPSA) is 29.0 Å². The lowest BCUT2D eigenvalue weighted by Crippen LogP contribution is -2.25. The summed E-state index contributed by atoms with van der Waals surface area (Å²) in [4.78, 5) is 2.50. The molecule has 2 fully saturated rings. The van der Waals surface area contributed by atoms with Gasteiger partial charge >= 0.3 is 6.18 Å². The molecule has 0 aromatic carbocycles. The van der Waals surface area contributed by atoms with Crippen molar-refractivity contribution in [1.82, 2.24) is 13.6 Å². The van der Waals surface area contributed by atoms with Gasteiger partial charge in [-0.15, -0.1) is 11.8 Å². The Labute approximate surface area is 137 Å². The van der Waals surface area contributed by atoms with E-state index in [2.05, 4.69) is 13.6 Å². The van der Waals surface area contributed by atoms with E-state index >= 15 is 0 Å². The Balaban J connectivity index is 1.50. The van der Waals surface area contributed by atoms with Gasteiger partial charge in [0.1, 0.15) is 5.03 Å². The maximum Gasteiger partial charge on any atom is 0.389 e. The fraction of sp³-hybridized carbons (Fsp3) is 0.857. The fourth-order valence-corrected chi connectivity index (χ4v) is 5.21. The molecule has 3 rings (SSSR count). The van der Waals surface area contributed by atoms with Crippen molar-refractivity contribution in [2.75, 3.05) is 25.4 Å². The van der Waals surface area contributed by atoms with E-state index in [1.807, 2.05) is 0 Å². The predicted molar refractivity (Wildman–Crippen MR) is 82.4 cm³/mol. The number of hydrogen-bond acceptors (Lipinski definition) is 5. The molecule has 22 heavy (non-hydrogen) atoms. The standard InChI is InChI=1S/C14H20F3N3S2/c15-14(16,17)5-1-2-7-21-13-12(18-22-19-13)11-9-20-6-3-4-10(11)8-20/h10-11H,1-9H2. The summed E-state index contributed by atoms with van der Waals surface area (Å²) in [6.07, 6.45) is -1.43. The lowest BCUT2D eigenvalue weighted by Gasteiger charge is -2.21. The number of thioether (sulfide) groups is 1. The van der Waals surface area contributed by atoms with Crippen LogP contribution in [0, 0.1) is 5.92 Å². The van der Waals surface area contributed by atoms with Crippen LogP contribution in [-0.4, -0.2) is 45.2 Å². The first kappa shape index (κ1) is 16.5. The van der Waals surface area contributed by atoms with Crippen LogP contribution in [0.4, 0.5) is 13.2 Å². The van der Waals surface area contributed by atoms with Crippen LogP contribution in [-0.2, 0) is 0 Å². The quantitative estimate of drug-likeness (QED) is 0.568. The van der Waals surface area contributed by atoms with Gasteiger partial charge in [0.25, 0.3) is 0 Å². The third-order valence-electron chi connectivity index (χ3n) is 4.49. The molecule has 2 aliphatic heterocycles. The molecular weight excluding hydrogens is 331 g/mol. The Morgan fingerprint density at radius 2 is 2.09 bits per heavy atom. The fourth-order valence-electron chi connectivity index (χ4n) is 3.43. The van der Waals surface area contributed by atoms with E-state index in [4.69, 9.17) is 0 Å². The zero-order chi connectivity index (χ0) is 15.6. The summed E-state index contributed by atoms with van der Waals surface area (Å²) in [5.74, 6) is 1.84. The average Bonchev–Trinajstić information content (AvgIpc) is 3.01. The summed E-state index contributed by atoms with van der Waals surface area (Å²) in [5.41, 5.74) is 1.10. The number of unbranched alkanes of at least 4 members (excludes halogenated alkanes) is 1. The van der Waals surface area contributed by atoms with Gasteiger partial charge in [-0.2, -0.15) is 21.9 Å². The molecule has 0 aliphatic carbocycles. The van der Waals surface area contributed by atoms with Crippen molar-refractivity contribution in [3.8, 4) is 0 Å². The number of alkyl halides is 3. The third-order valence-corrected chi connectivity index (χ3v) is 6.22. The minimum Gasteiger partial charge on any atom is -0.302 e. The SMILES string of the molecule is FC(F)(F)CCCCSc1nsnc1C1CN2CCCC1C2. The highest BCUT2D eigenvalue weighted by molar-refractivity contribution is 7.99. The summed E-state index contributed by atoms with van der Waals surface area (Å²) in [7, 11) is 0. The molecule has 0 saturated carbocycles. The van der Waals surface area contributed by atoms with E-state index in [1.165, 1.54) is 31.1 Å². The van der Waals surface area contributed by atoms with E-state index in [-0.39, 0.29) is 6.42 Å². The van der Waals surface area contributed by atoms with Gasteiger partial charge in [0.05, 0.1) is 17.4 Å². The lowest BCUT2D eigenvalue weighted by atomic mass is 9.89. The van der Waals surface area contributed by atoms with E-state index < -0.39 is 12.6 Å². The molecule has 0 N–H and O–H groups in total. The van der Waals surface area contributed by atoms with Gasteiger partial charge in [0.15, 0.2) is 0 Å². The Bertz CT molecular complexity index is 492. The summed E-state index contributed by atoms with van der Waals surface area (Å²) >= 11 is 2.81. The minimum absolute atomic E-state index is 0.198. The van der Waals surface area contributed by atoms with Gasteiger partial charge in [-0.1, -0.05) is 0 Å². The molecule has 3 heterocycles. The van der Waals surface area contributed by atoms with Crippen LogP contribution in [0.5, 0.6) is 0 Å². The molecule has 3 atom stereocenters. The van der Waals surface area contributed by atoms with Gasteiger partial charge in [-0.3, -0.25) is 0 Å². The van der Waals surface area contributed by atoms with E-state index in [0.717, 1.165) is 23.8 Å². The summed E-state index contributed by atoms with van der Waals surface area (Å²) in [6, 6.07) is 0. The van der Waals surface area contributed by atoms with Gasteiger partial charge in [-0.25, -0.2) is 0 Å². The van der Waals surface area contributed by atoms with Crippen molar-refractivity contribution in [2.24, 2.45) is 5.92 Å². The Kier molecular flexibility index (Phi) is 5.29. The summed E-state index contributed by atoms with van der Waals surface area (Å²) < 4.78 is 45.2. The Hall–Kier alpha value is -0.340. The minimum atomic E-state index is -4.03. The highest BCUT2D eigenvalue weighted by Gasteiger charge is 2.38. The van der Waals surface area contributed by atoms with Crippen molar-refractivity contribution in [3.05, 3.63) is 5.69 Å². The smallest absolute Gasteiger partial charge is 0.302 e. The number of nitrogens with zero attached hydrogens (tertiary/aromatic N) is 3. The van der Waals surface area contributed by atoms with E-state index in [0.29, 0.717) is 24.0 Å². The second-order valence-electron chi connectivity index (χ2n) is 6.14. The predicted octanol–water partition coefficient (Wildman–Crippen LogP) is 4.17. The lowest BCUT2D eigenvalue weighted by molar-refractivity contribution is -0.135. The van der Waals surface area contributed by atoms with Crippen LogP contribution in [0.25, 0.3) is 0 Å². The Morgan fingerprint density at radius 3 is 2.86 bits per heavy atom. The number of piperidine rings is 1. The molecule has 0 radical (unpaired) electrons. The van der Waals surface area contributed by atoms with Crippen LogP contribution >= 0.6 is 23.5 Å². The summed E-state index contributed by atoms with van der Waals surface area (Å²) in [6.45, 7) is 3.42. The molecule has 124 valence electrons. The zero-order valence-electron chi connectivity index (χ0n) is 12.3. The zero-order valence-corrected chi connectivity index (χ0v) is 13.9. The summed E-state index contributed by atoms with van der Waals surface area (Å²) in [5, 5.41) is 0.954. The number of fused-ring (bicyclic) bond motifs is 2. The van der Waals surface area contributed by atoms with Crippen LogP contribution < -0.4 is 0 Å². The first-order valence-electron chi connectivity index (χ1n) is 7.77. The first-order valence-corrected chi connectivity index (χ1v) is 9.49. The van der Waals surface area contributed by atoms with Crippen molar-refractivity contribution < 1.29 is 13.2 Å². The normalized spacial score (nSPS) is 28.2. The van der Waals surface area contributed by atoms with Gasteiger partial charge in [0, 0.05) is 25.4 Å². The molecule has 2 saturated heterocycles. The second kappa shape index (κ2) is 7.05. The maximum atomic E-state index is 12.1. The maximum absolute atomic E-state index is 12.1. The van der Waals surface area contributed by atoms with Crippen LogP contribution in [0.3, 0.4) is 0 Å². The van der Waals surface area contributed by atoms with E-state index in [1.54, 1.807) is 11.8 Å². The monoisotopic (exact) mass is 351 g/mol. The molecule has 0 spiro atoms. The highest BCUT2D eigenvalue weighted by atomic mass is 32.2. The molecular formula is C14H20F3N3S2. The average molecular weight is 351 g/mol. The van der Waals surface area contributed by atoms with Gasteiger partial charge < -0.3 is 4.90 Å². The van der Waals surface area contributed by atoms with Crippen molar-refractivity contribution >= 4 is 23.5 Å². The molecule has 0 amide bonds. The first-order chi connectivity index (χ1) is 10.5. The molecule has 3 unspecified atom stereocenters. The number of rotatable bonds is 6. The molecule has 3 nitrogen and oxygen atoms in total. The molecule has 2 bridgehead atoms. The van der Waals surface area contributed by atoms with Crippen LogP contribution in [0.1, 0.15) is 43.7 Å². The van der Waals surface area contributed by atoms with Crippen molar-refractivity contribution in [2.45, 2.75) is 49.2 Å². The van der Waals surface area contributed by atoms with Crippen molar-refractivity contribution in [1.29, 1.82) is 0 Å². The van der Waals surface area contributed by atoms with Crippen molar-refractivity contribution in [3.63, 3.8) is 0 Å². The third kappa shape index (κ3) is 4.14. The van der Waals surface area contributed by atoms with Crippen LogP contribution in [0.15, 0.2) is 5.03 Å². The highest BCUT2D eigenvalue weighted by Crippen LogP contribution is 2.41. The number of aromatic nitrogens is 2. The molecule has 1 aromatic heterocycles. The Morgan fingerprint density at radius 1 is 1.23 bits per heavy atom.